The average Bonchev–Trinajstić information content (AvgIpc) is 3.11. The minimum atomic E-state index is -1.02. The molecule has 0 fully saturated rings. The molecule has 0 atom stereocenters. The Morgan fingerprint density at radius 2 is 0.960 bits per heavy atom. The second kappa shape index (κ2) is 30.1. The van der Waals surface area contributed by atoms with Crippen LogP contribution in [0, 0.1) is 0 Å². The first-order valence-electron chi connectivity index (χ1n) is 20.4. The molecule has 0 aliphatic carbocycles. The fourth-order valence-electron chi connectivity index (χ4n) is 6.75. The van der Waals surface area contributed by atoms with Crippen LogP contribution >= 0.6 is 31.4 Å². The molecule has 3 nitrogen and oxygen atoms in total. The molecule has 2 rings (SSSR count). The summed E-state index contributed by atoms with van der Waals surface area (Å²) in [4.78, 5) is 26.3. The van der Waals surface area contributed by atoms with Crippen molar-refractivity contribution in [1.82, 2.24) is 0 Å². The summed E-state index contributed by atoms with van der Waals surface area (Å²) in [6.07, 6.45) is 33.4. The molecule has 0 saturated carbocycles. The first-order chi connectivity index (χ1) is 23.9. The first-order valence-corrected chi connectivity index (χ1v) is 23.8. The number of thioether (sulfide) groups is 1. The summed E-state index contributed by atoms with van der Waals surface area (Å²) >= 11 is 1.24. The topological polar surface area (TPSA) is 43.4 Å². The summed E-state index contributed by atoms with van der Waals surface area (Å²) in [5.74, 6) is 0.380. The summed E-state index contributed by atoms with van der Waals surface area (Å²) in [5.41, 5.74) is 2.14. The Balaban J connectivity index is 0.0000125. The molecule has 0 bridgehead atoms. The van der Waals surface area contributed by atoms with Gasteiger partial charge in [-0.15, -0.1) is 12.4 Å². The van der Waals surface area contributed by atoms with Crippen molar-refractivity contribution in [2.24, 2.45) is 0 Å². The molecule has 0 spiro atoms. The lowest BCUT2D eigenvalue weighted by atomic mass is 10.0. The Hall–Kier alpha value is -1.35. The van der Waals surface area contributed by atoms with Crippen molar-refractivity contribution in [3.63, 3.8) is 0 Å². The van der Waals surface area contributed by atoms with Gasteiger partial charge in [-0.1, -0.05) is 161 Å². The van der Waals surface area contributed by atoms with Crippen LogP contribution in [0.2, 0.25) is 0 Å². The van der Waals surface area contributed by atoms with Gasteiger partial charge in [0.2, 0.25) is 5.12 Å². The third-order valence-electron chi connectivity index (χ3n) is 9.92. The van der Waals surface area contributed by atoms with Crippen LogP contribution in [0.15, 0.2) is 53.4 Å². The lowest BCUT2D eigenvalue weighted by molar-refractivity contribution is -0.134. The Labute approximate surface area is 319 Å². The van der Waals surface area contributed by atoms with E-state index in [4.69, 9.17) is 4.74 Å². The number of halogens is 1. The van der Waals surface area contributed by atoms with Crippen molar-refractivity contribution in [3.8, 4) is 5.75 Å². The van der Waals surface area contributed by atoms with Crippen LogP contribution in [0.25, 0.3) is 0 Å². The lowest BCUT2D eigenvalue weighted by Gasteiger charge is -2.28. The number of ether oxygens (including phenoxy) is 1. The number of benzene rings is 2. The lowest BCUT2D eigenvalue weighted by Crippen LogP contribution is -2.11. The molecule has 0 heterocycles. The van der Waals surface area contributed by atoms with E-state index in [-0.39, 0.29) is 23.5 Å². The number of rotatable bonds is 30. The number of carbonyl (C=O) groups excluding carboxylic acids is 2. The molecule has 0 aromatic heterocycles. The molecule has 0 radical (unpaired) electrons. The van der Waals surface area contributed by atoms with Crippen molar-refractivity contribution in [2.75, 3.05) is 18.5 Å². The number of carbonyl (C=O) groups is 2. The average molecular weight is 749 g/mol. The summed E-state index contributed by atoms with van der Waals surface area (Å²) in [5, 5.41) is 0.0495. The van der Waals surface area contributed by atoms with Gasteiger partial charge in [0.1, 0.15) is 5.75 Å². The molecule has 0 aliphatic rings. The van der Waals surface area contributed by atoms with Gasteiger partial charge in [-0.05, 0) is 67.3 Å². The van der Waals surface area contributed by atoms with Crippen LogP contribution in [0.1, 0.15) is 185 Å². The second-order valence-corrected chi connectivity index (χ2v) is 19.9. The van der Waals surface area contributed by atoms with E-state index in [0.717, 1.165) is 23.3 Å². The minimum Gasteiger partial charge on any atom is -0.427 e. The molecule has 6 heteroatoms. The molecule has 0 unspecified atom stereocenters. The van der Waals surface area contributed by atoms with Gasteiger partial charge in [-0.25, -0.2) is 0 Å². The van der Waals surface area contributed by atoms with Crippen molar-refractivity contribution >= 4 is 42.5 Å². The van der Waals surface area contributed by atoms with Crippen LogP contribution < -0.4 is 4.74 Å². The number of hydrogen-bond acceptors (Lipinski definition) is 4. The third-order valence-corrected chi connectivity index (χ3v) is 15.7. The number of hydrogen-bond donors (Lipinski definition) is 0. The van der Waals surface area contributed by atoms with E-state index in [0.29, 0.717) is 12.2 Å². The van der Waals surface area contributed by atoms with Gasteiger partial charge in [-0.2, -0.15) is 0 Å². The van der Waals surface area contributed by atoms with Crippen LogP contribution in [0.3, 0.4) is 0 Å². The predicted molar refractivity (Wildman–Crippen MR) is 225 cm³/mol. The smallest absolute Gasteiger partial charge is 0.311 e. The molecule has 2 aromatic rings. The maximum atomic E-state index is 13.1. The minimum absolute atomic E-state index is 0. The standard InChI is InChI=1S/C44H72O3PS.ClH/c1-5-9-13-14-15-16-17-18-19-20-21-22-23-24-25-26-43(45)47-41-31-33-42(34-32-41)49-44(46)40-29-27-39(28-30-40)38-48(35-10-6-2,36-11-7-3)37-12-8-4;/h27-34H,5-26,35-38H2,1-4H3;1H/q+1;. The largest absolute Gasteiger partial charge is 0.427 e. The molecule has 50 heavy (non-hydrogen) atoms. The summed E-state index contributed by atoms with van der Waals surface area (Å²) in [7, 11) is -1.02. The fourth-order valence-corrected chi connectivity index (χ4v) is 12.6. The predicted octanol–water partition coefficient (Wildman–Crippen LogP) is 15.1. The zero-order valence-corrected chi connectivity index (χ0v) is 35.0. The van der Waals surface area contributed by atoms with Gasteiger partial charge < -0.3 is 4.74 Å². The highest BCUT2D eigenvalue weighted by Gasteiger charge is 2.35. The van der Waals surface area contributed by atoms with E-state index in [9.17, 15) is 9.59 Å². The summed E-state index contributed by atoms with van der Waals surface area (Å²) in [6, 6.07) is 15.8. The molecule has 0 aliphatic heterocycles. The van der Waals surface area contributed by atoms with Gasteiger partial charge >= 0.3 is 5.97 Å². The summed E-state index contributed by atoms with van der Waals surface area (Å²) < 4.78 is 5.57. The van der Waals surface area contributed by atoms with Crippen LogP contribution in [-0.4, -0.2) is 29.6 Å². The highest BCUT2D eigenvalue weighted by Crippen LogP contribution is 2.63. The molecule has 0 amide bonds. The Morgan fingerprint density at radius 3 is 1.40 bits per heavy atom. The highest BCUT2D eigenvalue weighted by molar-refractivity contribution is 8.14. The molecule has 2 aromatic carbocycles. The van der Waals surface area contributed by atoms with Crippen molar-refractivity contribution in [3.05, 3.63) is 59.7 Å². The van der Waals surface area contributed by atoms with Crippen molar-refractivity contribution in [2.45, 2.75) is 180 Å². The summed E-state index contributed by atoms with van der Waals surface area (Å²) in [6.45, 7) is 9.22. The molecule has 0 N–H and O–H groups in total. The molecular weight excluding hydrogens is 675 g/mol. The maximum Gasteiger partial charge on any atom is 0.311 e. The Kier molecular flexibility index (Phi) is 28.1. The van der Waals surface area contributed by atoms with Gasteiger partial charge in [0.05, 0.1) is 24.6 Å². The molecular formula is C44H73ClO3PS+. The number of esters is 1. The van der Waals surface area contributed by atoms with E-state index < -0.39 is 7.26 Å². The molecule has 284 valence electrons. The SMILES string of the molecule is CCCCCCCCCCCCCCCCCC(=O)Oc1ccc(SC(=O)c2ccc(C[P+](CCCC)(CCCC)CCCC)cc2)cc1.Cl. The van der Waals surface area contributed by atoms with E-state index >= 15 is 0 Å². The fraction of sp³-hybridized carbons (Fsp3) is 0.682. The Bertz CT molecular complexity index is 1100. The van der Waals surface area contributed by atoms with Gasteiger partial charge in [0, 0.05) is 24.1 Å². The van der Waals surface area contributed by atoms with Crippen LogP contribution in [-0.2, 0) is 11.0 Å². The van der Waals surface area contributed by atoms with E-state index in [2.05, 4.69) is 39.8 Å². The van der Waals surface area contributed by atoms with Crippen LogP contribution in [0.4, 0.5) is 0 Å². The van der Waals surface area contributed by atoms with Gasteiger partial charge in [0.15, 0.2) is 0 Å². The quantitative estimate of drug-likeness (QED) is 0.0262. The Morgan fingerprint density at radius 1 is 0.540 bits per heavy atom. The maximum absolute atomic E-state index is 13.1. The van der Waals surface area contributed by atoms with Gasteiger partial charge in [0.25, 0.3) is 0 Å². The third kappa shape index (κ3) is 21.2. The van der Waals surface area contributed by atoms with Crippen molar-refractivity contribution < 1.29 is 14.3 Å². The van der Waals surface area contributed by atoms with E-state index in [1.165, 1.54) is 164 Å². The number of unbranched alkanes of at least 4 members (excludes halogenated alkanes) is 17. The van der Waals surface area contributed by atoms with E-state index in [1.807, 2.05) is 24.3 Å². The normalized spacial score (nSPS) is 11.4. The second-order valence-electron chi connectivity index (χ2n) is 14.5. The zero-order valence-electron chi connectivity index (χ0n) is 32.5. The van der Waals surface area contributed by atoms with Gasteiger partial charge in [-0.3, -0.25) is 9.59 Å². The zero-order chi connectivity index (χ0) is 35.4. The van der Waals surface area contributed by atoms with E-state index in [1.54, 1.807) is 12.1 Å². The monoisotopic (exact) mass is 747 g/mol. The van der Waals surface area contributed by atoms with Crippen LogP contribution in [0.5, 0.6) is 5.75 Å². The van der Waals surface area contributed by atoms with Crippen molar-refractivity contribution in [1.29, 1.82) is 0 Å². The first kappa shape index (κ1) is 46.7. The molecule has 0 saturated heterocycles. The highest BCUT2D eigenvalue weighted by atomic mass is 35.5.